The van der Waals surface area contributed by atoms with Crippen LogP contribution in [0.5, 0.6) is 0 Å². The fourth-order valence-corrected chi connectivity index (χ4v) is 2.53. The van der Waals surface area contributed by atoms with Crippen molar-refractivity contribution in [2.75, 3.05) is 30.4 Å². The van der Waals surface area contributed by atoms with Crippen molar-refractivity contribution in [2.45, 2.75) is 32.2 Å². The molecule has 0 bridgehead atoms. The van der Waals surface area contributed by atoms with E-state index in [2.05, 4.69) is 5.32 Å². The average molecular weight is 370 g/mol. The van der Waals surface area contributed by atoms with E-state index in [4.69, 9.17) is 5.11 Å². The zero-order chi connectivity index (χ0) is 17.7. The van der Waals surface area contributed by atoms with Crippen molar-refractivity contribution in [3.05, 3.63) is 24.3 Å². The standard InChI is InChI=1S/C17H23N3O4.ClH/c1-12(17(23)24)19(2)11-9-15(21)18-13-5-7-14(8-6-13)20-10-3-4-16(20)22;/h5-8,12H,3-4,9-11H2,1-2H3,(H,18,21)(H,23,24);1H. The van der Waals surface area contributed by atoms with Crippen LogP contribution in [0.2, 0.25) is 0 Å². The minimum absolute atomic E-state index is 0. The zero-order valence-corrected chi connectivity index (χ0v) is 15.2. The lowest BCUT2D eigenvalue weighted by molar-refractivity contribution is -0.142. The summed E-state index contributed by atoms with van der Waals surface area (Å²) >= 11 is 0. The molecule has 0 aliphatic carbocycles. The van der Waals surface area contributed by atoms with Gasteiger partial charge in [0.1, 0.15) is 6.04 Å². The molecule has 1 unspecified atom stereocenters. The second-order valence-corrected chi connectivity index (χ2v) is 5.99. The van der Waals surface area contributed by atoms with Gasteiger partial charge in [-0.1, -0.05) is 0 Å². The van der Waals surface area contributed by atoms with Gasteiger partial charge in [0.2, 0.25) is 11.8 Å². The van der Waals surface area contributed by atoms with E-state index in [1.165, 1.54) is 0 Å². The van der Waals surface area contributed by atoms with Gasteiger partial charge in [0, 0.05) is 37.3 Å². The highest BCUT2D eigenvalue weighted by molar-refractivity contribution is 5.96. The fraction of sp³-hybridized carbons (Fsp3) is 0.471. The number of carboxylic acid groups (broad SMARTS) is 1. The largest absolute Gasteiger partial charge is 0.480 e. The molecule has 1 heterocycles. The Morgan fingerprint density at radius 2 is 1.96 bits per heavy atom. The third-order valence-electron chi connectivity index (χ3n) is 4.25. The number of nitrogens with zero attached hydrogens (tertiary/aromatic N) is 2. The molecule has 138 valence electrons. The van der Waals surface area contributed by atoms with Crippen LogP contribution in [0.25, 0.3) is 0 Å². The van der Waals surface area contributed by atoms with Gasteiger partial charge >= 0.3 is 5.97 Å². The van der Waals surface area contributed by atoms with Crippen molar-refractivity contribution < 1.29 is 19.5 Å². The van der Waals surface area contributed by atoms with Crippen LogP contribution < -0.4 is 10.2 Å². The summed E-state index contributed by atoms with van der Waals surface area (Å²) in [5.41, 5.74) is 1.50. The summed E-state index contributed by atoms with van der Waals surface area (Å²) in [5.74, 6) is -0.961. The number of amides is 2. The number of halogens is 1. The third kappa shape index (κ3) is 5.72. The monoisotopic (exact) mass is 369 g/mol. The highest BCUT2D eigenvalue weighted by atomic mass is 35.5. The molecule has 2 amide bonds. The molecule has 25 heavy (non-hydrogen) atoms. The number of carbonyl (C=O) groups is 3. The first kappa shape index (κ1) is 20.9. The predicted molar refractivity (Wildman–Crippen MR) is 98.3 cm³/mol. The molecule has 1 aliphatic rings. The third-order valence-corrected chi connectivity index (χ3v) is 4.25. The Balaban J connectivity index is 0.00000312. The smallest absolute Gasteiger partial charge is 0.320 e. The zero-order valence-electron chi connectivity index (χ0n) is 14.4. The number of benzene rings is 1. The summed E-state index contributed by atoms with van der Waals surface area (Å²) in [6.45, 7) is 2.68. The van der Waals surface area contributed by atoms with E-state index in [9.17, 15) is 14.4 Å². The maximum atomic E-state index is 12.0. The Morgan fingerprint density at radius 3 is 2.48 bits per heavy atom. The number of nitrogens with one attached hydrogen (secondary N) is 1. The summed E-state index contributed by atoms with van der Waals surface area (Å²) in [6, 6.07) is 6.54. The lowest BCUT2D eigenvalue weighted by atomic mass is 10.2. The maximum absolute atomic E-state index is 12.0. The number of anilines is 2. The highest BCUT2D eigenvalue weighted by Gasteiger charge is 2.21. The van der Waals surface area contributed by atoms with Gasteiger partial charge in [0.25, 0.3) is 0 Å². The van der Waals surface area contributed by atoms with E-state index in [-0.39, 0.29) is 30.6 Å². The molecule has 1 aromatic carbocycles. The number of hydrogen-bond acceptors (Lipinski definition) is 4. The minimum atomic E-state index is -0.912. The number of rotatable bonds is 7. The fourth-order valence-electron chi connectivity index (χ4n) is 2.53. The molecule has 1 aliphatic heterocycles. The van der Waals surface area contributed by atoms with Crippen LogP contribution in [-0.4, -0.2) is 54.0 Å². The van der Waals surface area contributed by atoms with Gasteiger partial charge in [-0.2, -0.15) is 0 Å². The molecule has 0 radical (unpaired) electrons. The Hall–Kier alpha value is -2.12. The molecule has 1 fully saturated rings. The number of hydrogen-bond donors (Lipinski definition) is 2. The van der Waals surface area contributed by atoms with E-state index >= 15 is 0 Å². The lowest BCUT2D eigenvalue weighted by Gasteiger charge is -2.20. The molecular weight excluding hydrogens is 346 g/mol. The van der Waals surface area contributed by atoms with E-state index in [0.29, 0.717) is 18.7 Å². The number of likely N-dealkylation sites (N-methyl/N-ethyl adjacent to an activating group) is 1. The predicted octanol–water partition coefficient (Wildman–Crippen LogP) is 1.97. The van der Waals surface area contributed by atoms with Crippen LogP contribution >= 0.6 is 12.4 Å². The van der Waals surface area contributed by atoms with Crippen molar-refractivity contribution in [1.82, 2.24) is 4.90 Å². The Morgan fingerprint density at radius 1 is 1.32 bits per heavy atom. The van der Waals surface area contributed by atoms with Gasteiger partial charge in [-0.25, -0.2) is 0 Å². The van der Waals surface area contributed by atoms with Crippen LogP contribution in [0.3, 0.4) is 0 Å². The first-order valence-electron chi connectivity index (χ1n) is 8.02. The lowest BCUT2D eigenvalue weighted by Crippen LogP contribution is -2.37. The molecule has 1 atom stereocenters. The van der Waals surface area contributed by atoms with Gasteiger partial charge in [-0.3, -0.25) is 19.3 Å². The summed E-state index contributed by atoms with van der Waals surface area (Å²) in [5, 5.41) is 11.7. The number of aliphatic carboxylic acids is 1. The van der Waals surface area contributed by atoms with Crippen molar-refractivity contribution in [1.29, 1.82) is 0 Å². The van der Waals surface area contributed by atoms with Gasteiger partial charge in [-0.05, 0) is 44.7 Å². The molecule has 0 spiro atoms. The second kappa shape index (κ2) is 9.39. The van der Waals surface area contributed by atoms with Crippen LogP contribution in [0.4, 0.5) is 11.4 Å². The molecule has 8 heteroatoms. The van der Waals surface area contributed by atoms with Crippen LogP contribution in [0, 0.1) is 0 Å². The molecule has 7 nitrogen and oxygen atoms in total. The second-order valence-electron chi connectivity index (χ2n) is 5.99. The first-order chi connectivity index (χ1) is 11.4. The Labute approximate surface area is 153 Å². The van der Waals surface area contributed by atoms with E-state index in [0.717, 1.165) is 18.7 Å². The van der Waals surface area contributed by atoms with Crippen LogP contribution in [-0.2, 0) is 14.4 Å². The Bertz CT molecular complexity index is 621. The minimum Gasteiger partial charge on any atom is -0.480 e. The van der Waals surface area contributed by atoms with Gasteiger partial charge in [0.15, 0.2) is 0 Å². The average Bonchev–Trinajstić information content (AvgIpc) is 2.98. The summed E-state index contributed by atoms with van der Waals surface area (Å²) in [7, 11) is 1.67. The molecule has 2 rings (SSSR count). The number of carbonyl (C=O) groups excluding carboxylic acids is 2. The maximum Gasteiger partial charge on any atom is 0.320 e. The van der Waals surface area contributed by atoms with Crippen LogP contribution in [0.15, 0.2) is 24.3 Å². The van der Waals surface area contributed by atoms with Crippen molar-refractivity contribution in [2.24, 2.45) is 0 Å². The molecule has 2 N–H and O–H groups in total. The summed E-state index contributed by atoms with van der Waals surface area (Å²) in [6.07, 6.45) is 1.67. The van der Waals surface area contributed by atoms with Gasteiger partial charge in [0.05, 0.1) is 0 Å². The van der Waals surface area contributed by atoms with Crippen molar-refractivity contribution in [3.8, 4) is 0 Å². The molecule has 0 aromatic heterocycles. The Kier molecular flexibility index (Phi) is 7.86. The number of carboxylic acids is 1. The first-order valence-corrected chi connectivity index (χ1v) is 8.02. The van der Waals surface area contributed by atoms with Crippen LogP contribution in [0.1, 0.15) is 26.2 Å². The quantitative estimate of drug-likeness (QED) is 0.766. The highest BCUT2D eigenvalue weighted by Crippen LogP contribution is 2.23. The molecule has 1 saturated heterocycles. The van der Waals surface area contributed by atoms with E-state index < -0.39 is 12.0 Å². The summed E-state index contributed by atoms with van der Waals surface area (Å²) in [4.78, 5) is 37.9. The van der Waals surface area contributed by atoms with E-state index in [1.807, 2.05) is 12.1 Å². The van der Waals surface area contributed by atoms with E-state index in [1.54, 1.807) is 35.9 Å². The van der Waals surface area contributed by atoms with Crippen molar-refractivity contribution >= 4 is 41.6 Å². The normalized spacial score (nSPS) is 15.0. The van der Waals surface area contributed by atoms with Crippen molar-refractivity contribution in [3.63, 3.8) is 0 Å². The molecule has 0 saturated carbocycles. The van der Waals surface area contributed by atoms with Gasteiger partial charge in [-0.15, -0.1) is 12.4 Å². The summed E-state index contributed by atoms with van der Waals surface area (Å²) < 4.78 is 0. The SMILES string of the molecule is CC(C(=O)O)N(C)CCC(=O)Nc1ccc(N2CCCC2=O)cc1.Cl. The van der Waals surface area contributed by atoms with Gasteiger partial charge < -0.3 is 15.3 Å². The topological polar surface area (TPSA) is 89.9 Å². The molecule has 1 aromatic rings. The molecular formula is C17H24ClN3O4.